The second-order valence-corrected chi connectivity index (χ2v) is 6.51. The molecule has 6 nitrogen and oxygen atoms in total. The first-order chi connectivity index (χ1) is 9.95. The summed E-state index contributed by atoms with van der Waals surface area (Å²) in [4.78, 5) is 13.4. The number of methoxy groups -OCH3 is 1. The summed E-state index contributed by atoms with van der Waals surface area (Å²) in [7, 11) is -0.655. The molecule has 0 spiro atoms. The highest BCUT2D eigenvalue weighted by molar-refractivity contribution is 7.89. The molecule has 0 unspecified atom stereocenters. The number of aromatic nitrogens is 1. The van der Waals surface area contributed by atoms with Gasteiger partial charge in [0.05, 0.1) is 12.0 Å². The second kappa shape index (κ2) is 6.11. The van der Waals surface area contributed by atoms with E-state index in [1.54, 1.807) is 12.1 Å². The third kappa shape index (κ3) is 3.32. The van der Waals surface area contributed by atoms with Crippen LogP contribution in [0.15, 0.2) is 52.3 Å². The van der Waals surface area contributed by atoms with Gasteiger partial charge in [-0.25, -0.2) is 8.42 Å². The van der Waals surface area contributed by atoms with Crippen LogP contribution in [-0.2, 0) is 16.6 Å². The van der Waals surface area contributed by atoms with E-state index in [0.29, 0.717) is 5.75 Å². The molecule has 1 aromatic heterocycles. The maximum Gasteiger partial charge on any atom is 0.247 e. The molecule has 112 valence electrons. The maximum absolute atomic E-state index is 12.4. The topological polar surface area (TPSA) is 79.5 Å². The van der Waals surface area contributed by atoms with E-state index in [1.807, 2.05) is 12.1 Å². The molecule has 21 heavy (non-hydrogen) atoms. The predicted molar refractivity (Wildman–Crippen MR) is 78.7 cm³/mol. The van der Waals surface area contributed by atoms with Gasteiger partial charge in [0.2, 0.25) is 15.6 Å². The first-order valence-electron chi connectivity index (χ1n) is 6.22. The summed E-state index contributed by atoms with van der Waals surface area (Å²) in [5.74, 6) is 0.626. The van der Waals surface area contributed by atoms with Gasteiger partial charge in [-0.2, -0.15) is 4.31 Å². The second-order valence-electron chi connectivity index (χ2n) is 4.46. The van der Waals surface area contributed by atoms with E-state index in [9.17, 15) is 13.2 Å². The van der Waals surface area contributed by atoms with Crippen molar-refractivity contribution in [2.75, 3.05) is 14.2 Å². The molecule has 0 radical (unpaired) electrons. The number of rotatable bonds is 5. The lowest BCUT2D eigenvalue weighted by atomic mass is 10.2. The van der Waals surface area contributed by atoms with Crippen LogP contribution in [0.5, 0.6) is 5.75 Å². The number of para-hydroxylation sites is 1. The molecule has 2 aromatic rings. The summed E-state index contributed by atoms with van der Waals surface area (Å²) in [6.07, 6.45) is 1.19. The maximum atomic E-state index is 12.4. The summed E-state index contributed by atoms with van der Waals surface area (Å²) in [5, 5.41) is 0. The molecule has 1 aromatic carbocycles. The highest BCUT2D eigenvalue weighted by atomic mass is 32.2. The van der Waals surface area contributed by atoms with Gasteiger partial charge in [-0.3, -0.25) is 4.79 Å². The molecule has 0 saturated carbocycles. The van der Waals surface area contributed by atoms with Crippen molar-refractivity contribution in [3.63, 3.8) is 0 Å². The summed E-state index contributed by atoms with van der Waals surface area (Å²) in [5.41, 5.74) is 0.414. The van der Waals surface area contributed by atoms with E-state index < -0.39 is 10.0 Å². The van der Waals surface area contributed by atoms with E-state index in [4.69, 9.17) is 4.74 Å². The molecule has 1 heterocycles. The Hall–Kier alpha value is -2.12. The molecule has 1 N–H and O–H groups in total. The summed E-state index contributed by atoms with van der Waals surface area (Å²) in [6, 6.07) is 9.68. The minimum Gasteiger partial charge on any atom is -0.496 e. The number of ether oxygens (including phenoxy) is 1. The first kappa shape index (κ1) is 15.3. The molecule has 0 atom stereocenters. The van der Waals surface area contributed by atoms with Crippen molar-refractivity contribution >= 4 is 10.0 Å². The molecule has 0 saturated heterocycles. The van der Waals surface area contributed by atoms with E-state index in [-0.39, 0.29) is 17.0 Å². The van der Waals surface area contributed by atoms with Crippen molar-refractivity contribution in [2.45, 2.75) is 11.4 Å². The number of sulfonamides is 1. The lowest BCUT2D eigenvalue weighted by Gasteiger charge is -2.18. The minimum atomic E-state index is -3.67. The van der Waals surface area contributed by atoms with E-state index in [0.717, 1.165) is 5.56 Å². The highest BCUT2D eigenvalue weighted by Gasteiger charge is 2.22. The molecular formula is C14H16N2O4S. The Morgan fingerprint density at radius 3 is 2.52 bits per heavy atom. The average Bonchev–Trinajstić information content (AvgIpc) is 2.48. The SMILES string of the molecule is COc1ccccc1CN(C)S(=O)(=O)c1ccc(=O)[nH]c1. The van der Waals surface area contributed by atoms with Crippen molar-refractivity contribution < 1.29 is 13.2 Å². The Bertz CT molecular complexity index is 763. The van der Waals surface area contributed by atoms with Gasteiger partial charge in [0, 0.05) is 31.4 Å². The van der Waals surface area contributed by atoms with Gasteiger partial charge in [-0.1, -0.05) is 18.2 Å². The van der Waals surface area contributed by atoms with Crippen LogP contribution in [0.4, 0.5) is 0 Å². The van der Waals surface area contributed by atoms with Crippen LogP contribution >= 0.6 is 0 Å². The zero-order valence-electron chi connectivity index (χ0n) is 11.7. The van der Waals surface area contributed by atoms with Crippen molar-refractivity contribution in [3.05, 3.63) is 58.5 Å². The third-order valence-electron chi connectivity index (χ3n) is 3.05. The number of benzene rings is 1. The molecule has 0 aliphatic heterocycles. The fourth-order valence-corrected chi connectivity index (χ4v) is 3.01. The lowest BCUT2D eigenvalue weighted by Crippen LogP contribution is -2.27. The minimum absolute atomic E-state index is 0.0412. The lowest BCUT2D eigenvalue weighted by molar-refractivity contribution is 0.398. The van der Waals surface area contributed by atoms with Gasteiger partial charge in [0.1, 0.15) is 5.75 Å². The largest absolute Gasteiger partial charge is 0.496 e. The summed E-state index contributed by atoms with van der Waals surface area (Å²) < 4.78 is 31.2. The Morgan fingerprint density at radius 2 is 1.90 bits per heavy atom. The molecular weight excluding hydrogens is 292 g/mol. The van der Waals surface area contributed by atoms with Gasteiger partial charge in [0.25, 0.3) is 0 Å². The van der Waals surface area contributed by atoms with Crippen LogP contribution in [-0.4, -0.2) is 31.9 Å². The number of nitrogens with zero attached hydrogens (tertiary/aromatic N) is 1. The van der Waals surface area contributed by atoms with Crippen molar-refractivity contribution in [1.82, 2.24) is 9.29 Å². The fraction of sp³-hybridized carbons (Fsp3) is 0.214. The number of hydrogen-bond acceptors (Lipinski definition) is 4. The zero-order valence-corrected chi connectivity index (χ0v) is 12.6. The van der Waals surface area contributed by atoms with Gasteiger partial charge in [0.15, 0.2) is 0 Å². The average molecular weight is 308 g/mol. The molecule has 2 rings (SSSR count). The number of nitrogens with one attached hydrogen (secondary N) is 1. The highest BCUT2D eigenvalue weighted by Crippen LogP contribution is 2.21. The molecule has 0 amide bonds. The standard InChI is InChI=1S/C14H16N2O4S/c1-16(10-11-5-3-4-6-13(11)20-2)21(18,19)12-7-8-14(17)15-9-12/h3-9H,10H2,1-2H3,(H,15,17). The van der Waals surface area contributed by atoms with E-state index >= 15 is 0 Å². The van der Waals surface area contributed by atoms with Crippen LogP contribution in [0.1, 0.15) is 5.56 Å². The van der Waals surface area contributed by atoms with Crippen molar-refractivity contribution in [2.24, 2.45) is 0 Å². The van der Waals surface area contributed by atoms with Gasteiger partial charge in [-0.15, -0.1) is 0 Å². The van der Waals surface area contributed by atoms with Crippen LogP contribution in [0.3, 0.4) is 0 Å². The van der Waals surface area contributed by atoms with Crippen LogP contribution in [0, 0.1) is 0 Å². The number of H-pyrrole nitrogens is 1. The summed E-state index contributed by atoms with van der Waals surface area (Å²) in [6.45, 7) is 0.172. The molecule has 0 bridgehead atoms. The van der Waals surface area contributed by atoms with Gasteiger partial charge >= 0.3 is 0 Å². The van der Waals surface area contributed by atoms with Crippen LogP contribution in [0.25, 0.3) is 0 Å². The van der Waals surface area contributed by atoms with Crippen molar-refractivity contribution in [3.8, 4) is 5.75 Å². The summed E-state index contributed by atoms with van der Waals surface area (Å²) >= 11 is 0. The molecule has 0 aliphatic carbocycles. The Morgan fingerprint density at radius 1 is 1.19 bits per heavy atom. The van der Waals surface area contributed by atoms with Crippen molar-refractivity contribution in [1.29, 1.82) is 0 Å². The van der Waals surface area contributed by atoms with E-state index in [1.165, 1.54) is 36.8 Å². The quantitative estimate of drug-likeness (QED) is 0.900. The zero-order chi connectivity index (χ0) is 15.5. The number of pyridine rings is 1. The van der Waals surface area contributed by atoms with Gasteiger partial charge < -0.3 is 9.72 Å². The molecule has 7 heteroatoms. The number of hydrogen-bond donors (Lipinski definition) is 1. The smallest absolute Gasteiger partial charge is 0.247 e. The van der Waals surface area contributed by atoms with Crippen LogP contribution < -0.4 is 10.3 Å². The van der Waals surface area contributed by atoms with E-state index in [2.05, 4.69) is 4.98 Å². The van der Waals surface area contributed by atoms with Crippen LogP contribution in [0.2, 0.25) is 0 Å². The monoisotopic (exact) mass is 308 g/mol. The number of aromatic amines is 1. The molecule has 0 fully saturated rings. The first-order valence-corrected chi connectivity index (χ1v) is 7.66. The third-order valence-corrected chi connectivity index (χ3v) is 4.85. The fourth-order valence-electron chi connectivity index (χ4n) is 1.90. The Kier molecular flexibility index (Phi) is 4.44. The Balaban J connectivity index is 2.28. The van der Waals surface area contributed by atoms with Gasteiger partial charge in [-0.05, 0) is 12.1 Å². The Labute approximate surface area is 123 Å². The normalized spacial score (nSPS) is 11.6. The molecule has 0 aliphatic rings. The predicted octanol–water partition coefficient (Wildman–Crippen LogP) is 1.20.